The van der Waals surface area contributed by atoms with Crippen molar-refractivity contribution < 1.29 is 42.1 Å². The fourth-order valence-electron chi connectivity index (χ4n) is 0. The first-order valence-electron chi connectivity index (χ1n) is 0.707. The van der Waals surface area contributed by atoms with Crippen LogP contribution in [-0.2, 0) is 42.1 Å². The number of rotatable bonds is 0. The minimum absolute atomic E-state index is 0. The molecule has 0 rings (SSSR count). The molecule has 0 aliphatic carbocycles. The molecule has 0 nitrogen and oxygen atoms in total. The van der Waals surface area contributed by atoms with Crippen molar-refractivity contribution in [3.05, 3.63) is 6.92 Å². The maximum atomic E-state index is 3.25. The van der Waals surface area contributed by atoms with E-state index in [4.69, 9.17) is 0 Å². The van der Waals surface area contributed by atoms with Crippen molar-refractivity contribution in [1.82, 2.24) is 0 Å². The van der Waals surface area contributed by atoms with Crippen molar-refractivity contribution in [3.8, 4) is 0 Å². The molecule has 0 bridgehead atoms. The molecule has 0 heterocycles. The zero-order chi connectivity index (χ0) is 2.00. The summed E-state index contributed by atoms with van der Waals surface area (Å²) in [4.78, 5) is 0. The van der Waals surface area contributed by atoms with E-state index in [1.165, 1.54) is 0 Å². The summed E-state index contributed by atoms with van der Waals surface area (Å²) in [5.74, 6) is 0. The fourth-order valence-corrected chi connectivity index (χ4v) is 0. The van der Waals surface area contributed by atoms with Gasteiger partial charge < -0.3 is 6.92 Å². The molecule has 0 amide bonds. The zero-order valence-electron chi connectivity index (χ0n) is 2.52. The van der Waals surface area contributed by atoms with E-state index in [0.717, 1.165) is 0 Å². The summed E-state index contributed by atoms with van der Waals surface area (Å²) in [6, 6.07) is 0. The first kappa shape index (κ1) is 18.2. The van der Waals surface area contributed by atoms with Gasteiger partial charge in [0.1, 0.15) is 0 Å². The maximum absolute atomic E-state index is 3.25. The van der Waals surface area contributed by atoms with Gasteiger partial charge in [-0.3, -0.25) is 0 Å². The molecule has 0 unspecified atom stereocenters. The Balaban J connectivity index is -0.00000000500. The minimum atomic E-state index is 0. The van der Waals surface area contributed by atoms with E-state index in [0.29, 0.717) is 0 Å². The van der Waals surface area contributed by atoms with Crippen molar-refractivity contribution in [2.45, 2.75) is 6.92 Å². The van der Waals surface area contributed by atoms with Crippen LogP contribution in [0.4, 0.5) is 0 Å². The second-order valence-electron chi connectivity index (χ2n) is 0. The van der Waals surface area contributed by atoms with E-state index in [1.54, 1.807) is 6.92 Å². The predicted octanol–water partition coefficient (Wildman–Crippen LogP) is 0.835. The Kier molecular flexibility index (Phi) is 120. The zero-order valence-corrected chi connectivity index (χ0v) is 8.39. The first-order chi connectivity index (χ1) is 1.00. The van der Waals surface area contributed by atoms with Crippen molar-refractivity contribution in [3.63, 3.8) is 0 Å². The normalized spacial score (nSPS) is 1.50. The van der Waals surface area contributed by atoms with Gasteiger partial charge in [-0.1, -0.05) is 0 Å². The molecule has 0 aliphatic heterocycles. The minimum Gasteiger partial charge on any atom is -0.346 e. The van der Waals surface area contributed by atoms with Crippen molar-refractivity contribution in [1.29, 1.82) is 0 Å². The summed E-state index contributed by atoms with van der Waals surface area (Å²) >= 11 is 0. The van der Waals surface area contributed by atoms with Gasteiger partial charge in [0, 0.05) is 42.1 Å². The van der Waals surface area contributed by atoms with Gasteiger partial charge in [0.2, 0.25) is 0 Å². The Morgan fingerprint density at radius 3 is 1.00 bits per heavy atom. The van der Waals surface area contributed by atoms with E-state index in [1.807, 2.05) is 0 Å². The van der Waals surface area contributed by atoms with E-state index >= 15 is 0 Å². The quantitative estimate of drug-likeness (QED) is 0.532. The van der Waals surface area contributed by atoms with Crippen LogP contribution in [0, 0.1) is 6.92 Å². The van der Waals surface area contributed by atoms with Crippen LogP contribution < -0.4 is 0 Å². The van der Waals surface area contributed by atoms with Gasteiger partial charge in [-0.05, 0) is 0 Å². The number of hydrogen-bond donors (Lipinski definition) is 0. The Hall–Kier alpha value is 1.38. The van der Waals surface area contributed by atoms with Crippen LogP contribution >= 0.6 is 0 Å². The fraction of sp³-hybridized carbons (Fsp3) is 0.500. The summed E-state index contributed by atoms with van der Waals surface area (Å²) in [6.45, 7) is 5.00. The van der Waals surface area contributed by atoms with Gasteiger partial charge in [0.15, 0.2) is 0 Å². The van der Waals surface area contributed by atoms with Crippen molar-refractivity contribution >= 4 is 0 Å². The van der Waals surface area contributed by atoms with E-state index in [2.05, 4.69) is 6.92 Å². The monoisotopic (exact) mass is 397 g/mol. The second kappa shape index (κ2) is 26.3. The van der Waals surface area contributed by atoms with Crippen LogP contribution in [0.25, 0.3) is 0 Å². The summed E-state index contributed by atoms with van der Waals surface area (Å²) in [6.07, 6.45) is 0. The second-order valence-corrected chi connectivity index (χ2v) is 0. The van der Waals surface area contributed by atoms with Gasteiger partial charge >= 0.3 is 0 Å². The topological polar surface area (TPSA) is 0 Å². The third-order valence-corrected chi connectivity index (χ3v) is 0. The Morgan fingerprint density at radius 2 is 1.00 bits per heavy atom. The van der Waals surface area contributed by atoms with Crippen LogP contribution in [0.1, 0.15) is 6.92 Å². The molecule has 4 heavy (non-hydrogen) atoms. The summed E-state index contributed by atoms with van der Waals surface area (Å²) < 4.78 is 0. The molecular formula is C2H5W2-. The molecule has 0 spiro atoms. The molecule has 0 saturated carbocycles. The number of hydrogen-bond acceptors (Lipinski definition) is 0. The van der Waals surface area contributed by atoms with E-state index in [-0.39, 0.29) is 42.1 Å². The molecule has 0 radical (unpaired) electrons. The van der Waals surface area contributed by atoms with Crippen molar-refractivity contribution in [2.24, 2.45) is 0 Å². The van der Waals surface area contributed by atoms with Crippen LogP contribution in [0.15, 0.2) is 0 Å². The Bertz CT molecular complexity index is 4.00. The van der Waals surface area contributed by atoms with E-state index in [9.17, 15) is 0 Å². The average Bonchev–Trinajstić information content (AvgIpc) is 1.00. The molecular weight excluding hydrogens is 392 g/mol. The van der Waals surface area contributed by atoms with Crippen molar-refractivity contribution in [2.75, 3.05) is 0 Å². The third-order valence-electron chi connectivity index (χ3n) is 0. The molecule has 2 heteroatoms. The predicted molar refractivity (Wildman–Crippen MR) is 11.0 cm³/mol. The molecule has 0 aromatic heterocycles. The molecule has 0 aromatic carbocycles. The van der Waals surface area contributed by atoms with Crippen LogP contribution in [-0.4, -0.2) is 0 Å². The summed E-state index contributed by atoms with van der Waals surface area (Å²) in [7, 11) is 0. The molecule has 0 aliphatic rings. The van der Waals surface area contributed by atoms with Crippen LogP contribution in [0.5, 0.6) is 0 Å². The Labute approximate surface area is 55.9 Å². The van der Waals surface area contributed by atoms with Gasteiger partial charge in [-0.2, -0.15) is 6.92 Å². The summed E-state index contributed by atoms with van der Waals surface area (Å²) in [5, 5.41) is 0. The maximum Gasteiger partial charge on any atom is 0 e. The molecule has 26 valence electrons. The SMILES string of the molecule is [CH2-]C.[W].[W]. The largest absolute Gasteiger partial charge is 0.346 e. The molecule has 0 N–H and O–H groups in total. The molecule has 0 atom stereocenters. The summed E-state index contributed by atoms with van der Waals surface area (Å²) in [5.41, 5.74) is 0. The Morgan fingerprint density at radius 1 is 1.00 bits per heavy atom. The molecule has 0 fully saturated rings. The van der Waals surface area contributed by atoms with Gasteiger partial charge in [-0.15, -0.1) is 0 Å². The van der Waals surface area contributed by atoms with Crippen LogP contribution in [0.3, 0.4) is 0 Å². The average molecular weight is 397 g/mol. The smallest absolute Gasteiger partial charge is 0 e. The van der Waals surface area contributed by atoms with E-state index < -0.39 is 0 Å². The van der Waals surface area contributed by atoms with Gasteiger partial charge in [0.05, 0.1) is 0 Å². The van der Waals surface area contributed by atoms with Gasteiger partial charge in [0.25, 0.3) is 0 Å². The molecule has 0 aromatic rings. The molecule has 0 saturated heterocycles. The first-order valence-corrected chi connectivity index (χ1v) is 0.707. The van der Waals surface area contributed by atoms with Gasteiger partial charge in [-0.25, -0.2) is 0 Å². The van der Waals surface area contributed by atoms with Crippen LogP contribution in [0.2, 0.25) is 0 Å². The third kappa shape index (κ3) is 10.1. The standard InChI is InChI=1S/C2H5.2W/c1-2;;/h1H2,2H3;;/q-1;;.